The highest BCUT2D eigenvalue weighted by molar-refractivity contribution is 5.96. The van der Waals surface area contributed by atoms with Gasteiger partial charge in [0.2, 0.25) is 0 Å². The highest BCUT2D eigenvalue weighted by atomic mass is 16.2. The number of nitrogens with zero attached hydrogens (tertiary/aromatic N) is 3. The standard InChI is InChI=1S/C12H13N5O/c1-8(13)12(18)17-16-7-9-3-2-4-10-11(9)15-6-5-14-10/h2-8H,13H2,1H3,(H,17,18)/t8-/m0/s1. The molecule has 3 N–H and O–H groups in total. The van der Waals surface area contributed by atoms with Crippen LogP contribution in [0.15, 0.2) is 35.7 Å². The number of benzene rings is 1. The van der Waals surface area contributed by atoms with Gasteiger partial charge in [0.05, 0.1) is 23.3 Å². The number of aromatic nitrogens is 2. The summed E-state index contributed by atoms with van der Waals surface area (Å²) in [4.78, 5) is 19.6. The molecule has 18 heavy (non-hydrogen) atoms. The van der Waals surface area contributed by atoms with E-state index < -0.39 is 6.04 Å². The summed E-state index contributed by atoms with van der Waals surface area (Å²) in [7, 11) is 0. The van der Waals surface area contributed by atoms with Crippen LogP contribution in [0.1, 0.15) is 12.5 Å². The Morgan fingerprint density at radius 2 is 2.22 bits per heavy atom. The number of para-hydroxylation sites is 1. The van der Waals surface area contributed by atoms with Crippen molar-refractivity contribution in [1.82, 2.24) is 15.4 Å². The smallest absolute Gasteiger partial charge is 0.256 e. The Balaban J connectivity index is 2.22. The highest BCUT2D eigenvalue weighted by Crippen LogP contribution is 2.11. The number of rotatable bonds is 3. The van der Waals surface area contributed by atoms with Gasteiger partial charge in [0.15, 0.2) is 0 Å². The SMILES string of the molecule is C[C@H](N)C(=O)NN=Cc1cccc2nccnc12. The molecule has 0 aliphatic carbocycles. The number of fused-ring (bicyclic) bond motifs is 1. The van der Waals surface area contributed by atoms with Gasteiger partial charge < -0.3 is 5.73 Å². The van der Waals surface area contributed by atoms with E-state index in [0.29, 0.717) is 0 Å². The van der Waals surface area contributed by atoms with E-state index >= 15 is 0 Å². The molecule has 1 aromatic heterocycles. The third-order valence-corrected chi connectivity index (χ3v) is 2.32. The minimum Gasteiger partial charge on any atom is -0.320 e. The number of carbonyl (C=O) groups is 1. The molecular weight excluding hydrogens is 230 g/mol. The van der Waals surface area contributed by atoms with Gasteiger partial charge >= 0.3 is 0 Å². The van der Waals surface area contributed by atoms with Crippen LogP contribution in [0.4, 0.5) is 0 Å². The Hall–Kier alpha value is -2.34. The maximum absolute atomic E-state index is 11.2. The van der Waals surface area contributed by atoms with E-state index in [1.165, 1.54) is 6.21 Å². The molecule has 0 aliphatic rings. The lowest BCUT2D eigenvalue weighted by atomic mass is 10.2. The average Bonchev–Trinajstić information content (AvgIpc) is 2.38. The fraction of sp³-hybridized carbons (Fsp3) is 0.167. The molecule has 0 unspecified atom stereocenters. The normalized spacial score (nSPS) is 12.8. The lowest BCUT2D eigenvalue weighted by Gasteiger charge is -2.02. The van der Waals surface area contributed by atoms with Gasteiger partial charge in [-0.1, -0.05) is 12.1 Å². The zero-order valence-corrected chi connectivity index (χ0v) is 9.87. The van der Waals surface area contributed by atoms with E-state index in [4.69, 9.17) is 5.73 Å². The largest absolute Gasteiger partial charge is 0.320 e. The molecule has 0 fully saturated rings. The first-order valence-electron chi connectivity index (χ1n) is 5.46. The first kappa shape index (κ1) is 12.1. The molecule has 92 valence electrons. The molecule has 1 heterocycles. The molecule has 1 atom stereocenters. The van der Waals surface area contributed by atoms with Gasteiger partial charge in [-0.3, -0.25) is 14.8 Å². The third-order valence-electron chi connectivity index (χ3n) is 2.32. The Bertz CT molecular complexity index is 589. The van der Waals surface area contributed by atoms with Crippen LogP contribution < -0.4 is 11.2 Å². The number of amides is 1. The molecule has 0 saturated heterocycles. The second-order valence-electron chi connectivity index (χ2n) is 3.79. The topological polar surface area (TPSA) is 93.3 Å². The first-order chi connectivity index (χ1) is 8.68. The number of hydrazone groups is 1. The zero-order valence-electron chi connectivity index (χ0n) is 9.87. The van der Waals surface area contributed by atoms with Crippen LogP contribution in [0, 0.1) is 0 Å². The average molecular weight is 243 g/mol. The van der Waals surface area contributed by atoms with Gasteiger partial charge in [0.1, 0.15) is 0 Å². The van der Waals surface area contributed by atoms with Crippen molar-refractivity contribution in [3.8, 4) is 0 Å². The van der Waals surface area contributed by atoms with Crippen molar-refractivity contribution in [3.63, 3.8) is 0 Å². The monoisotopic (exact) mass is 243 g/mol. The summed E-state index contributed by atoms with van der Waals surface area (Å²) < 4.78 is 0. The summed E-state index contributed by atoms with van der Waals surface area (Å²) >= 11 is 0. The molecule has 0 bridgehead atoms. The Kier molecular flexibility index (Phi) is 3.59. The van der Waals surface area contributed by atoms with Gasteiger partial charge in [-0.05, 0) is 13.0 Å². The minimum atomic E-state index is -0.588. The molecule has 0 radical (unpaired) electrons. The second kappa shape index (κ2) is 5.33. The number of hydrogen-bond acceptors (Lipinski definition) is 5. The van der Waals surface area contributed by atoms with E-state index in [0.717, 1.165) is 16.6 Å². The number of nitrogens with one attached hydrogen (secondary N) is 1. The van der Waals surface area contributed by atoms with Crippen LogP contribution in [0.3, 0.4) is 0 Å². The van der Waals surface area contributed by atoms with Crippen molar-refractivity contribution in [1.29, 1.82) is 0 Å². The Morgan fingerprint density at radius 1 is 1.44 bits per heavy atom. The maximum Gasteiger partial charge on any atom is 0.256 e. The van der Waals surface area contributed by atoms with Crippen LogP contribution in [0.25, 0.3) is 11.0 Å². The molecule has 6 nitrogen and oxygen atoms in total. The van der Waals surface area contributed by atoms with Crippen molar-refractivity contribution in [3.05, 3.63) is 36.2 Å². The predicted octanol–water partition coefficient (Wildman–Crippen LogP) is 0.427. The van der Waals surface area contributed by atoms with E-state index in [1.807, 2.05) is 18.2 Å². The number of nitrogens with two attached hydrogens (primary N) is 1. The van der Waals surface area contributed by atoms with Gasteiger partial charge in [0, 0.05) is 18.0 Å². The van der Waals surface area contributed by atoms with Gasteiger partial charge in [-0.25, -0.2) is 5.43 Å². The van der Waals surface area contributed by atoms with Crippen LogP contribution >= 0.6 is 0 Å². The van der Waals surface area contributed by atoms with Crippen molar-refractivity contribution in [2.24, 2.45) is 10.8 Å². The van der Waals surface area contributed by atoms with E-state index in [1.54, 1.807) is 19.3 Å². The molecule has 0 saturated carbocycles. The highest BCUT2D eigenvalue weighted by Gasteiger charge is 2.04. The molecule has 2 aromatic rings. The van der Waals surface area contributed by atoms with Crippen molar-refractivity contribution in [2.75, 3.05) is 0 Å². The lowest BCUT2D eigenvalue weighted by Crippen LogP contribution is -2.35. The molecule has 1 aromatic carbocycles. The lowest BCUT2D eigenvalue weighted by molar-refractivity contribution is -0.121. The molecule has 1 amide bonds. The molecule has 2 rings (SSSR count). The summed E-state index contributed by atoms with van der Waals surface area (Å²) in [5.74, 6) is -0.336. The summed E-state index contributed by atoms with van der Waals surface area (Å²) in [5, 5.41) is 3.84. The van der Waals surface area contributed by atoms with Crippen molar-refractivity contribution < 1.29 is 4.79 Å². The van der Waals surface area contributed by atoms with Crippen LogP contribution in [-0.4, -0.2) is 28.1 Å². The predicted molar refractivity (Wildman–Crippen MR) is 68.9 cm³/mol. The molecule has 0 aliphatic heterocycles. The van der Waals surface area contributed by atoms with Gasteiger partial charge in [-0.2, -0.15) is 5.10 Å². The quantitative estimate of drug-likeness (QED) is 0.603. The summed E-state index contributed by atoms with van der Waals surface area (Å²) in [5.41, 5.74) is 10.0. The van der Waals surface area contributed by atoms with Crippen LogP contribution in [0.5, 0.6) is 0 Å². The maximum atomic E-state index is 11.2. The van der Waals surface area contributed by atoms with Crippen molar-refractivity contribution >= 4 is 23.2 Å². The van der Waals surface area contributed by atoms with E-state index in [2.05, 4.69) is 20.5 Å². The zero-order chi connectivity index (χ0) is 13.0. The summed E-state index contributed by atoms with van der Waals surface area (Å²) in [6.07, 6.45) is 4.76. The fourth-order valence-corrected chi connectivity index (χ4v) is 1.39. The Labute approximate surface area is 104 Å². The van der Waals surface area contributed by atoms with E-state index in [9.17, 15) is 4.79 Å². The third kappa shape index (κ3) is 2.67. The van der Waals surface area contributed by atoms with Crippen molar-refractivity contribution in [2.45, 2.75) is 13.0 Å². The summed E-state index contributed by atoms with van der Waals surface area (Å²) in [6, 6.07) is 4.97. The van der Waals surface area contributed by atoms with Crippen LogP contribution in [-0.2, 0) is 4.79 Å². The fourth-order valence-electron chi connectivity index (χ4n) is 1.39. The number of hydrogen-bond donors (Lipinski definition) is 2. The molecule has 6 heteroatoms. The van der Waals surface area contributed by atoms with Gasteiger partial charge in [0.25, 0.3) is 5.91 Å². The number of carbonyl (C=O) groups excluding carboxylic acids is 1. The van der Waals surface area contributed by atoms with E-state index in [-0.39, 0.29) is 5.91 Å². The summed E-state index contributed by atoms with van der Waals surface area (Å²) in [6.45, 7) is 1.59. The molecular formula is C12H13N5O. The minimum absolute atomic E-state index is 0.336. The Morgan fingerprint density at radius 3 is 3.00 bits per heavy atom. The molecule has 0 spiro atoms. The second-order valence-corrected chi connectivity index (χ2v) is 3.79. The van der Waals surface area contributed by atoms with Gasteiger partial charge in [-0.15, -0.1) is 0 Å². The first-order valence-corrected chi connectivity index (χ1v) is 5.46. The van der Waals surface area contributed by atoms with Crippen LogP contribution in [0.2, 0.25) is 0 Å².